The molecule has 0 aromatic heterocycles. The fourth-order valence-electron chi connectivity index (χ4n) is 2.27. The Morgan fingerprint density at radius 2 is 2.12 bits per heavy atom. The van der Waals surface area contributed by atoms with Crippen molar-refractivity contribution in [2.45, 2.75) is 37.8 Å². The molecule has 2 nitrogen and oxygen atoms in total. The number of rotatable bonds is 4. The molecule has 1 aromatic carbocycles. The van der Waals surface area contributed by atoms with Crippen LogP contribution in [-0.4, -0.2) is 23.8 Å². The summed E-state index contributed by atoms with van der Waals surface area (Å²) in [7, 11) is 0. The lowest BCUT2D eigenvalue weighted by Gasteiger charge is -2.38. The number of benzene rings is 1. The fraction of sp³-hybridized carbons (Fsp3) is 0.538. The van der Waals surface area contributed by atoms with Gasteiger partial charge >= 0.3 is 0 Å². The van der Waals surface area contributed by atoms with E-state index in [1.807, 2.05) is 19.1 Å². The van der Waals surface area contributed by atoms with Crippen LogP contribution in [-0.2, 0) is 0 Å². The fourth-order valence-corrected chi connectivity index (χ4v) is 2.27. The average molecular weight is 223 g/mol. The molecule has 1 saturated carbocycles. The maximum absolute atomic E-state index is 13.5. The highest BCUT2D eigenvalue weighted by molar-refractivity contribution is 5.24. The second kappa shape index (κ2) is 4.93. The molecular formula is C13H18FNO. The monoisotopic (exact) mass is 223 g/mol. The van der Waals surface area contributed by atoms with Crippen LogP contribution in [0.15, 0.2) is 24.3 Å². The molecule has 2 rings (SSSR count). The smallest absolute Gasteiger partial charge is 0.126 e. The van der Waals surface area contributed by atoms with Crippen molar-refractivity contribution in [3.05, 3.63) is 35.6 Å². The SMILES string of the molecule is CC(CO)NC1CC(c2ccccc2F)C1. The van der Waals surface area contributed by atoms with Crippen LogP contribution in [0.2, 0.25) is 0 Å². The zero-order chi connectivity index (χ0) is 11.5. The van der Waals surface area contributed by atoms with Gasteiger partial charge in [-0.3, -0.25) is 0 Å². The van der Waals surface area contributed by atoms with Gasteiger partial charge in [-0.05, 0) is 37.3 Å². The summed E-state index contributed by atoms with van der Waals surface area (Å²) in [5.41, 5.74) is 0.831. The highest BCUT2D eigenvalue weighted by Gasteiger charge is 2.32. The average Bonchev–Trinajstić information content (AvgIpc) is 2.24. The maximum Gasteiger partial charge on any atom is 0.126 e. The van der Waals surface area contributed by atoms with E-state index in [-0.39, 0.29) is 18.5 Å². The van der Waals surface area contributed by atoms with Crippen LogP contribution in [0.25, 0.3) is 0 Å². The number of hydrogen-bond acceptors (Lipinski definition) is 2. The first-order valence-corrected chi connectivity index (χ1v) is 5.82. The van der Waals surface area contributed by atoms with Crippen LogP contribution in [0, 0.1) is 5.82 Å². The summed E-state index contributed by atoms with van der Waals surface area (Å²) in [4.78, 5) is 0. The predicted octanol–water partition coefficient (Wildman–Crippen LogP) is 2.04. The van der Waals surface area contributed by atoms with Gasteiger partial charge in [0.2, 0.25) is 0 Å². The summed E-state index contributed by atoms with van der Waals surface area (Å²) in [6.07, 6.45) is 1.93. The molecule has 3 heteroatoms. The van der Waals surface area contributed by atoms with Gasteiger partial charge < -0.3 is 10.4 Å². The zero-order valence-electron chi connectivity index (χ0n) is 9.49. The van der Waals surface area contributed by atoms with E-state index in [1.165, 1.54) is 6.07 Å². The van der Waals surface area contributed by atoms with E-state index in [0.29, 0.717) is 12.0 Å². The van der Waals surface area contributed by atoms with E-state index in [9.17, 15) is 4.39 Å². The Kier molecular flexibility index (Phi) is 3.56. The number of hydrogen-bond donors (Lipinski definition) is 2. The normalized spacial score (nSPS) is 26.2. The summed E-state index contributed by atoms with van der Waals surface area (Å²) in [5.74, 6) is 0.241. The van der Waals surface area contributed by atoms with Crippen molar-refractivity contribution in [1.82, 2.24) is 5.32 Å². The summed E-state index contributed by atoms with van der Waals surface area (Å²) in [5, 5.41) is 12.2. The molecule has 1 aromatic rings. The number of aliphatic hydroxyl groups excluding tert-OH is 1. The lowest BCUT2D eigenvalue weighted by Crippen LogP contribution is -2.45. The summed E-state index contributed by atoms with van der Waals surface area (Å²) < 4.78 is 13.5. The molecule has 0 saturated heterocycles. The van der Waals surface area contributed by atoms with E-state index in [2.05, 4.69) is 5.32 Å². The van der Waals surface area contributed by atoms with Crippen LogP contribution in [0.5, 0.6) is 0 Å². The second-order valence-electron chi connectivity index (χ2n) is 4.64. The van der Waals surface area contributed by atoms with E-state index in [4.69, 9.17) is 5.11 Å². The van der Waals surface area contributed by atoms with Crippen LogP contribution in [0.4, 0.5) is 4.39 Å². The van der Waals surface area contributed by atoms with Gasteiger partial charge in [-0.25, -0.2) is 4.39 Å². The van der Waals surface area contributed by atoms with E-state index in [1.54, 1.807) is 6.07 Å². The molecule has 0 spiro atoms. The summed E-state index contributed by atoms with van der Waals surface area (Å²) in [6, 6.07) is 7.55. The van der Waals surface area contributed by atoms with Crippen LogP contribution >= 0.6 is 0 Å². The molecule has 0 aliphatic heterocycles. The summed E-state index contributed by atoms with van der Waals surface area (Å²) >= 11 is 0. The predicted molar refractivity (Wildman–Crippen MR) is 61.8 cm³/mol. The largest absolute Gasteiger partial charge is 0.395 e. The Hall–Kier alpha value is -0.930. The Morgan fingerprint density at radius 1 is 1.44 bits per heavy atom. The molecule has 1 atom stereocenters. The van der Waals surface area contributed by atoms with Crippen LogP contribution in [0.3, 0.4) is 0 Å². The molecule has 16 heavy (non-hydrogen) atoms. The standard InChI is InChI=1S/C13H18FNO/c1-9(8-16)15-11-6-10(7-11)12-4-2-3-5-13(12)14/h2-5,9-11,15-16H,6-8H2,1H3. The number of aliphatic hydroxyl groups is 1. The summed E-state index contributed by atoms with van der Waals surface area (Å²) in [6.45, 7) is 2.11. The molecule has 1 unspecified atom stereocenters. The minimum absolute atomic E-state index is 0.0962. The molecule has 0 amide bonds. The highest BCUT2D eigenvalue weighted by Crippen LogP contribution is 2.38. The van der Waals surface area contributed by atoms with Crippen molar-refractivity contribution in [1.29, 1.82) is 0 Å². The van der Waals surface area contributed by atoms with Crippen LogP contribution < -0.4 is 5.32 Å². The van der Waals surface area contributed by atoms with Gasteiger partial charge in [-0.1, -0.05) is 18.2 Å². The lowest BCUT2D eigenvalue weighted by molar-refractivity contribution is 0.203. The quantitative estimate of drug-likeness (QED) is 0.818. The third-order valence-electron chi connectivity index (χ3n) is 3.28. The number of nitrogens with one attached hydrogen (secondary N) is 1. The van der Waals surface area contributed by atoms with Crippen molar-refractivity contribution in [2.75, 3.05) is 6.61 Å². The van der Waals surface area contributed by atoms with Crippen molar-refractivity contribution in [3.8, 4) is 0 Å². The van der Waals surface area contributed by atoms with E-state index in [0.717, 1.165) is 18.4 Å². The minimum Gasteiger partial charge on any atom is -0.395 e. The van der Waals surface area contributed by atoms with Gasteiger partial charge in [0.05, 0.1) is 6.61 Å². The molecule has 1 aliphatic rings. The first kappa shape index (κ1) is 11.6. The molecule has 2 N–H and O–H groups in total. The molecule has 0 radical (unpaired) electrons. The van der Waals surface area contributed by atoms with Crippen molar-refractivity contribution < 1.29 is 9.50 Å². The maximum atomic E-state index is 13.5. The number of halogens is 1. The Balaban J connectivity index is 1.87. The van der Waals surface area contributed by atoms with Crippen molar-refractivity contribution in [3.63, 3.8) is 0 Å². The van der Waals surface area contributed by atoms with Gasteiger partial charge in [-0.2, -0.15) is 0 Å². The van der Waals surface area contributed by atoms with Crippen molar-refractivity contribution >= 4 is 0 Å². The molecule has 0 bridgehead atoms. The Morgan fingerprint density at radius 3 is 2.75 bits per heavy atom. The minimum atomic E-state index is -0.0962. The first-order valence-electron chi connectivity index (χ1n) is 5.82. The molecular weight excluding hydrogens is 205 g/mol. The molecule has 88 valence electrons. The molecule has 1 fully saturated rings. The zero-order valence-corrected chi connectivity index (χ0v) is 9.49. The molecule has 1 aliphatic carbocycles. The van der Waals surface area contributed by atoms with E-state index >= 15 is 0 Å². The second-order valence-corrected chi connectivity index (χ2v) is 4.64. The Labute approximate surface area is 95.5 Å². The van der Waals surface area contributed by atoms with Gasteiger partial charge in [0.1, 0.15) is 5.82 Å². The van der Waals surface area contributed by atoms with Crippen LogP contribution in [0.1, 0.15) is 31.2 Å². The van der Waals surface area contributed by atoms with Gasteiger partial charge in [0.25, 0.3) is 0 Å². The van der Waals surface area contributed by atoms with Crippen molar-refractivity contribution in [2.24, 2.45) is 0 Å². The first-order chi connectivity index (χ1) is 7.70. The third-order valence-corrected chi connectivity index (χ3v) is 3.28. The molecule has 0 heterocycles. The highest BCUT2D eigenvalue weighted by atomic mass is 19.1. The van der Waals surface area contributed by atoms with Gasteiger partial charge in [-0.15, -0.1) is 0 Å². The Bertz CT molecular complexity index is 350. The van der Waals surface area contributed by atoms with E-state index < -0.39 is 0 Å². The van der Waals surface area contributed by atoms with Gasteiger partial charge in [0, 0.05) is 12.1 Å². The lowest BCUT2D eigenvalue weighted by atomic mass is 9.75. The third kappa shape index (κ3) is 2.42. The van der Waals surface area contributed by atoms with Gasteiger partial charge in [0.15, 0.2) is 0 Å². The topological polar surface area (TPSA) is 32.3 Å².